The summed E-state index contributed by atoms with van der Waals surface area (Å²) in [4.78, 5) is 24.3. The van der Waals surface area contributed by atoms with Crippen molar-refractivity contribution < 1.29 is 14.6 Å². The van der Waals surface area contributed by atoms with E-state index in [1.54, 1.807) is 7.11 Å². The summed E-state index contributed by atoms with van der Waals surface area (Å²) in [5, 5.41) is 17.6. The van der Waals surface area contributed by atoms with Gasteiger partial charge in [0.2, 0.25) is 0 Å². The Kier molecular flexibility index (Phi) is 7.03. The fourth-order valence-electron chi connectivity index (χ4n) is 5.39. The highest BCUT2D eigenvalue weighted by atomic mass is 35.5. The summed E-state index contributed by atoms with van der Waals surface area (Å²) in [5.41, 5.74) is 3.84. The first-order valence-corrected chi connectivity index (χ1v) is 12.1. The minimum Gasteiger partial charge on any atom is -0.496 e. The third-order valence-corrected chi connectivity index (χ3v) is 7.36. The number of aromatic nitrogens is 3. The summed E-state index contributed by atoms with van der Waals surface area (Å²) in [6, 6.07) is 5.95. The van der Waals surface area contributed by atoms with Crippen molar-refractivity contribution in [3.63, 3.8) is 0 Å². The number of rotatable bonds is 4. The van der Waals surface area contributed by atoms with Crippen molar-refractivity contribution in [2.24, 2.45) is 5.41 Å². The van der Waals surface area contributed by atoms with Gasteiger partial charge in [0.05, 0.1) is 25.0 Å². The zero-order valence-corrected chi connectivity index (χ0v) is 21.9. The molecule has 3 aromatic rings. The second-order valence-corrected chi connectivity index (χ2v) is 10.6. The largest absolute Gasteiger partial charge is 0.496 e. The quantitative estimate of drug-likeness (QED) is 0.531. The second kappa shape index (κ2) is 9.75. The number of halogens is 1. The number of benzene rings is 1. The minimum absolute atomic E-state index is 0. The summed E-state index contributed by atoms with van der Waals surface area (Å²) in [6.07, 6.45) is 8.32. The van der Waals surface area contributed by atoms with Crippen LogP contribution in [0, 0.1) is 5.41 Å². The van der Waals surface area contributed by atoms with Crippen molar-refractivity contribution in [1.82, 2.24) is 19.7 Å². The SMILES string of the molecule is COc1cc2c(cc1-c1cnn(C3CCNCC3)c1)CC(C(C)(C)C)n1cc(C(=O)O)c(=O)cc1-2.Cl. The number of aromatic carboxylic acids is 1. The molecule has 192 valence electrons. The summed E-state index contributed by atoms with van der Waals surface area (Å²) in [6.45, 7) is 8.41. The first-order valence-electron chi connectivity index (χ1n) is 12.1. The predicted octanol–water partition coefficient (Wildman–Crippen LogP) is 4.58. The Bertz CT molecular complexity index is 1350. The highest BCUT2D eigenvalue weighted by Gasteiger charge is 2.34. The van der Waals surface area contributed by atoms with E-state index in [4.69, 9.17) is 4.74 Å². The van der Waals surface area contributed by atoms with Crippen molar-refractivity contribution >= 4 is 18.4 Å². The van der Waals surface area contributed by atoms with Gasteiger partial charge in [-0.1, -0.05) is 20.8 Å². The molecule has 5 rings (SSSR count). The number of methoxy groups -OCH3 is 1. The van der Waals surface area contributed by atoms with Gasteiger partial charge in [-0.15, -0.1) is 12.4 Å². The monoisotopic (exact) mass is 512 g/mol. The lowest BCUT2D eigenvalue weighted by Crippen LogP contribution is -2.32. The van der Waals surface area contributed by atoms with Gasteiger partial charge >= 0.3 is 5.97 Å². The lowest BCUT2D eigenvalue weighted by Gasteiger charge is -2.39. The number of fused-ring (bicyclic) bond motifs is 3. The number of hydrogen-bond acceptors (Lipinski definition) is 5. The third-order valence-electron chi connectivity index (χ3n) is 7.36. The number of carbonyl (C=O) groups is 1. The van der Waals surface area contributed by atoms with E-state index in [0.717, 1.165) is 53.9 Å². The maximum atomic E-state index is 12.7. The highest BCUT2D eigenvalue weighted by Crippen LogP contribution is 2.45. The van der Waals surface area contributed by atoms with Crippen LogP contribution < -0.4 is 15.5 Å². The zero-order valence-electron chi connectivity index (χ0n) is 21.1. The topological polar surface area (TPSA) is 98.4 Å². The van der Waals surface area contributed by atoms with E-state index in [1.807, 2.05) is 16.8 Å². The summed E-state index contributed by atoms with van der Waals surface area (Å²) in [5.74, 6) is -0.508. The van der Waals surface area contributed by atoms with Crippen LogP contribution in [0.25, 0.3) is 22.4 Å². The molecule has 1 aromatic carbocycles. The maximum Gasteiger partial charge on any atom is 0.341 e. The molecule has 36 heavy (non-hydrogen) atoms. The van der Waals surface area contributed by atoms with E-state index in [9.17, 15) is 14.7 Å². The molecule has 2 N–H and O–H groups in total. The van der Waals surface area contributed by atoms with Crippen LogP contribution in [-0.2, 0) is 6.42 Å². The number of pyridine rings is 1. The highest BCUT2D eigenvalue weighted by molar-refractivity contribution is 5.88. The average molecular weight is 513 g/mol. The number of nitrogens with zero attached hydrogens (tertiary/aromatic N) is 3. The smallest absolute Gasteiger partial charge is 0.341 e. The molecule has 0 radical (unpaired) electrons. The number of nitrogens with one attached hydrogen (secondary N) is 1. The number of hydrogen-bond donors (Lipinski definition) is 2. The van der Waals surface area contributed by atoms with Gasteiger partial charge in [0.25, 0.3) is 0 Å². The van der Waals surface area contributed by atoms with E-state index < -0.39 is 11.4 Å². The molecule has 1 fully saturated rings. The van der Waals surface area contributed by atoms with Crippen LogP contribution in [-0.4, -0.2) is 45.6 Å². The fraction of sp³-hybridized carbons (Fsp3) is 0.444. The molecule has 1 saturated heterocycles. The molecule has 1 atom stereocenters. The molecule has 0 saturated carbocycles. The number of carboxylic acid groups (broad SMARTS) is 1. The van der Waals surface area contributed by atoms with Crippen LogP contribution in [0.4, 0.5) is 0 Å². The molecule has 1 unspecified atom stereocenters. The van der Waals surface area contributed by atoms with Gasteiger partial charge < -0.3 is 19.7 Å². The summed E-state index contributed by atoms with van der Waals surface area (Å²) >= 11 is 0. The molecule has 0 amide bonds. The fourth-order valence-corrected chi connectivity index (χ4v) is 5.39. The van der Waals surface area contributed by atoms with Crippen LogP contribution in [0.5, 0.6) is 5.75 Å². The summed E-state index contributed by atoms with van der Waals surface area (Å²) in [7, 11) is 1.64. The van der Waals surface area contributed by atoms with Crippen LogP contribution in [0.3, 0.4) is 0 Å². The van der Waals surface area contributed by atoms with Crippen LogP contribution in [0.1, 0.15) is 61.6 Å². The van der Waals surface area contributed by atoms with Crippen molar-refractivity contribution in [1.29, 1.82) is 0 Å². The molecule has 2 aromatic heterocycles. The van der Waals surface area contributed by atoms with Gasteiger partial charge in [0.1, 0.15) is 11.3 Å². The Labute approximate surface area is 216 Å². The van der Waals surface area contributed by atoms with Crippen LogP contribution in [0.15, 0.2) is 41.6 Å². The van der Waals surface area contributed by atoms with Crippen LogP contribution in [0.2, 0.25) is 0 Å². The normalized spacial score (nSPS) is 17.6. The molecule has 2 aliphatic rings. The van der Waals surface area contributed by atoms with E-state index in [0.29, 0.717) is 18.2 Å². The molecular weight excluding hydrogens is 480 g/mol. The Morgan fingerprint density at radius 1 is 1.14 bits per heavy atom. The van der Waals surface area contributed by atoms with Crippen molar-refractivity contribution in [2.45, 2.75) is 52.1 Å². The minimum atomic E-state index is -1.21. The van der Waals surface area contributed by atoms with Gasteiger partial charge in [-0.25, -0.2) is 4.79 Å². The van der Waals surface area contributed by atoms with Gasteiger partial charge in [0.15, 0.2) is 5.43 Å². The lowest BCUT2D eigenvalue weighted by molar-refractivity contribution is 0.0693. The van der Waals surface area contributed by atoms with Crippen molar-refractivity contribution in [3.8, 4) is 28.1 Å². The molecule has 2 aliphatic heterocycles. The molecule has 9 heteroatoms. The van der Waals surface area contributed by atoms with Gasteiger partial charge in [-0.2, -0.15) is 5.10 Å². The standard InChI is InChI=1S/C27H32N4O4.ClH/c1-27(2,3)25-10-16-9-20(17-13-29-31(14-17)18-5-7-28-8-6-18)24(35-4)11-19(16)22-12-23(32)21(26(33)34)15-30(22)25;/h9,11-15,18,25,28H,5-8,10H2,1-4H3,(H,33,34);1H. The lowest BCUT2D eigenvalue weighted by atomic mass is 9.78. The molecule has 0 bridgehead atoms. The Balaban J connectivity index is 0.00000304. The van der Waals surface area contributed by atoms with Gasteiger partial charge in [0, 0.05) is 41.2 Å². The van der Waals surface area contributed by atoms with E-state index in [1.165, 1.54) is 12.3 Å². The average Bonchev–Trinajstić information content (AvgIpc) is 3.32. The molecule has 4 heterocycles. The molecule has 0 aliphatic carbocycles. The Morgan fingerprint density at radius 3 is 2.50 bits per heavy atom. The van der Waals surface area contributed by atoms with Crippen LogP contribution >= 0.6 is 12.4 Å². The Morgan fingerprint density at radius 2 is 1.86 bits per heavy atom. The van der Waals surface area contributed by atoms with Gasteiger partial charge in [-0.05, 0) is 55.5 Å². The van der Waals surface area contributed by atoms with E-state index in [2.05, 4.69) is 48.1 Å². The first-order chi connectivity index (χ1) is 16.7. The predicted molar refractivity (Wildman–Crippen MR) is 141 cm³/mol. The van der Waals surface area contributed by atoms with E-state index in [-0.39, 0.29) is 29.4 Å². The van der Waals surface area contributed by atoms with Crippen molar-refractivity contribution in [3.05, 3.63) is 58.1 Å². The number of ether oxygens (including phenoxy) is 1. The van der Waals surface area contributed by atoms with Crippen molar-refractivity contribution in [2.75, 3.05) is 20.2 Å². The summed E-state index contributed by atoms with van der Waals surface area (Å²) < 4.78 is 9.82. The molecule has 8 nitrogen and oxygen atoms in total. The van der Waals surface area contributed by atoms with E-state index >= 15 is 0 Å². The first kappa shape index (κ1) is 26.0. The number of carboxylic acids is 1. The molecule has 0 spiro atoms. The third kappa shape index (κ3) is 4.55. The number of piperidine rings is 1. The zero-order chi connectivity index (χ0) is 24.9. The Hall–Kier alpha value is -3.10. The maximum absolute atomic E-state index is 12.7. The second-order valence-electron chi connectivity index (χ2n) is 10.6. The van der Waals surface area contributed by atoms with Gasteiger partial charge in [-0.3, -0.25) is 9.48 Å². The molecular formula is C27H33ClN4O4.